The minimum Gasteiger partial charge on any atom is -0.369 e. The number of carbonyl (C=O) groups is 3. The third-order valence-electron chi connectivity index (χ3n) is 11.7. The van der Waals surface area contributed by atoms with Crippen molar-refractivity contribution in [3.05, 3.63) is 175 Å². The molecule has 0 bridgehead atoms. The van der Waals surface area contributed by atoms with E-state index in [1.54, 1.807) is 24.7 Å². The number of aryl methyl sites for hydroxylation is 4. The molecule has 2 aromatic carbocycles. The molecular weight excluding hydrogens is 821 g/mol. The van der Waals surface area contributed by atoms with Crippen LogP contribution >= 0.6 is 23.2 Å². The highest BCUT2D eigenvalue weighted by Crippen LogP contribution is 2.50. The van der Waals surface area contributed by atoms with Crippen LogP contribution in [0.1, 0.15) is 118 Å². The molecule has 6 N–H and O–H groups in total. The van der Waals surface area contributed by atoms with Gasteiger partial charge in [0.05, 0.1) is 38.0 Å². The Balaban J connectivity index is 0.000000186. The van der Waals surface area contributed by atoms with Crippen LogP contribution in [0.2, 0.25) is 10.0 Å². The number of nitrogens with zero attached hydrogens (tertiary/aromatic N) is 6. The fourth-order valence-corrected chi connectivity index (χ4v) is 8.16. The predicted molar refractivity (Wildman–Crippen MR) is 239 cm³/mol. The summed E-state index contributed by atoms with van der Waals surface area (Å²) in [5.41, 5.74) is 25.3. The van der Waals surface area contributed by atoms with E-state index in [-0.39, 0.29) is 23.6 Å². The first-order valence-corrected chi connectivity index (χ1v) is 21.5. The van der Waals surface area contributed by atoms with Crippen LogP contribution in [0.15, 0.2) is 97.6 Å². The first kappa shape index (κ1) is 44.1. The summed E-state index contributed by atoms with van der Waals surface area (Å²) < 4.78 is 0. The third-order valence-corrected chi connectivity index (χ3v) is 12.4. The molecule has 62 heavy (non-hydrogen) atoms. The van der Waals surface area contributed by atoms with Crippen molar-refractivity contribution < 1.29 is 14.4 Å². The minimum absolute atomic E-state index is 0.0684. The van der Waals surface area contributed by atoms with E-state index in [1.807, 2.05) is 73.8 Å². The standard InChI is InChI=1S/C24H26ClN5O.C24H23ClN4O2/c1-15(26)20-8-6-16(13-28-20)12-22-29-14-19(25)21(30-22)9-7-17-4-2-3-5-18(17)24(10-11-24)23(27)31;1-15(30)20-8-6-16(13-27-20)12-22-28-14-19(25)21(29-22)9-7-17-4-2-3-5-18(17)24(10-11-24)23(26)31/h2-6,8,13-15H,7,9-12,26H2,1H3,(H2,27,31);2-6,8,13-14H,7,9-12H2,1H3,(H2,26,31). The van der Waals surface area contributed by atoms with Gasteiger partial charge in [-0.15, -0.1) is 0 Å². The van der Waals surface area contributed by atoms with Gasteiger partial charge in [-0.25, -0.2) is 19.9 Å². The second-order valence-corrected chi connectivity index (χ2v) is 17.0. The zero-order valence-electron chi connectivity index (χ0n) is 34.8. The maximum Gasteiger partial charge on any atom is 0.228 e. The summed E-state index contributed by atoms with van der Waals surface area (Å²) in [7, 11) is 0. The van der Waals surface area contributed by atoms with Crippen LogP contribution in [-0.2, 0) is 58.9 Å². The molecule has 2 amide bonds. The fraction of sp³-hybridized carbons (Fsp3) is 0.312. The van der Waals surface area contributed by atoms with Crippen molar-refractivity contribution >= 4 is 40.8 Å². The Bertz CT molecular complexity index is 2590. The van der Waals surface area contributed by atoms with Crippen molar-refractivity contribution in [1.82, 2.24) is 29.9 Å². The first-order valence-electron chi connectivity index (χ1n) is 20.7. The van der Waals surface area contributed by atoms with Crippen molar-refractivity contribution in [3.8, 4) is 0 Å². The molecular formula is C48H49Cl2N9O3. The number of hydrogen-bond donors (Lipinski definition) is 3. The largest absolute Gasteiger partial charge is 0.369 e. The third kappa shape index (κ3) is 10.2. The van der Waals surface area contributed by atoms with E-state index in [0.717, 1.165) is 82.6 Å². The van der Waals surface area contributed by atoms with Crippen molar-refractivity contribution in [1.29, 1.82) is 0 Å². The Morgan fingerprint density at radius 2 is 1.06 bits per heavy atom. The normalized spacial score (nSPS) is 14.9. The Morgan fingerprint density at radius 3 is 1.44 bits per heavy atom. The predicted octanol–water partition coefficient (Wildman–Crippen LogP) is 7.06. The van der Waals surface area contributed by atoms with Gasteiger partial charge in [0.2, 0.25) is 11.8 Å². The van der Waals surface area contributed by atoms with Gasteiger partial charge in [-0.05, 0) is 104 Å². The molecule has 0 radical (unpaired) electrons. The molecule has 4 heterocycles. The molecule has 0 spiro atoms. The number of primary amides is 2. The van der Waals surface area contributed by atoms with Gasteiger partial charge in [0.15, 0.2) is 5.78 Å². The molecule has 2 saturated carbocycles. The van der Waals surface area contributed by atoms with Gasteiger partial charge in [0.1, 0.15) is 17.3 Å². The summed E-state index contributed by atoms with van der Waals surface area (Å²) >= 11 is 12.8. The van der Waals surface area contributed by atoms with E-state index in [2.05, 4.69) is 31.0 Å². The Kier molecular flexibility index (Phi) is 13.5. The molecule has 318 valence electrons. The average Bonchev–Trinajstić information content (AvgIpc) is 4.21. The second kappa shape index (κ2) is 19.0. The maximum absolute atomic E-state index is 12.0. The number of halogens is 2. The summed E-state index contributed by atoms with van der Waals surface area (Å²) in [6.07, 6.45) is 13.8. The zero-order chi connectivity index (χ0) is 44.0. The van der Waals surface area contributed by atoms with Gasteiger partial charge >= 0.3 is 0 Å². The number of amides is 2. The van der Waals surface area contributed by atoms with E-state index in [9.17, 15) is 14.4 Å². The number of hydrogen-bond acceptors (Lipinski definition) is 10. The number of benzene rings is 2. The Hall–Kier alpha value is -5.95. The molecule has 1 unspecified atom stereocenters. The number of pyridine rings is 2. The highest BCUT2D eigenvalue weighted by atomic mass is 35.5. The van der Waals surface area contributed by atoms with Crippen LogP contribution in [-0.4, -0.2) is 47.5 Å². The van der Waals surface area contributed by atoms with Crippen LogP contribution in [0.5, 0.6) is 0 Å². The lowest BCUT2D eigenvalue weighted by molar-refractivity contribution is -0.121. The Labute approximate surface area is 371 Å². The van der Waals surface area contributed by atoms with Crippen LogP contribution in [0.4, 0.5) is 0 Å². The van der Waals surface area contributed by atoms with E-state index in [0.29, 0.717) is 59.5 Å². The summed E-state index contributed by atoms with van der Waals surface area (Å²) in [4.78, 5) is 62.0. The van der Waals surface area contributed by atoms with E-state index < -0.39 is 10.8 Å². The van der Waals surface area contributed by atoms with Crippen LogP contribution in [0.25, 0.3) is 0 Å². The van der Waals surface area contributed by atoms with Crippen LogP contribution < -0.4 is 17.2 Å². The number of nitrogens with two attached hydrogens (primary N) is 3. The van der Waals surface area contributed by atoms with E-state index in [4.69, 9.17) is 45.4 Å². The Morgan fingerprint density at radius 1 is 0.613 bits per heavy atom. The number of rotatable bonds is 16. The molecule has 2 aliphatic carbocycles. The van der Waals surface area contributed by atoms with Crippen molar-refractivity contribution in [2.75, 3.05) is 0 Å². The topological polar surface area (TPSA) is 207 Å². The van der Waals surface area contributed by atoms with Gasteiger partial charge in [0, 0.05) is 50.6 Å². The lowest BCUT2D eigenvalue weighted by Crippen LogP contribution is -2.29. The molecule has 1 atom stereocenters. The number of Topliss-reactive ketones (excluding diaryl/α,β-unsaturated/α-hetero) is 1. The fourth-order valence-electron chi connectivity index (χ4n) is 7.78. The summed E-state index contributed by atoms with van der Waals surface area (Å²) in [6, 6.07) is 23.4. The lowest BCUT2D eigenvalue weighted by Gasteiger charge is -2.16. The summed E-state index contributed by atoms with van der Waals surface area (Å²) in [6.45, 7) is 3.40. The summed E-state index contributed by atoms with van der Waals surface area (Å²) in [5.74, 6) is 0.763. The molecule has 12 nitrogen and oxygen atoms in total. The summed E-state index contributed by atoms with van der Waals surface area (Å²) in [5, 5.41) is 1.06. The number of aromatic nitrogens is 6. The van der Waals surface area contributed by atoms with Crippen molar-refractivity contribution in [2.24, 2.45) is 17.2 Å². The van der Waals surface area contributed by atoms with E-state index >= 15 is 0 Å². The van der Waals surface area contributed by atoms with Gasteiger partial charge in [0.25, 0.3) is 0 Å². The first-order chi connectivity index (χ1) is 29.8. The quantitative estimate of drug-likeness (QED) is 0.0845. The molecule has 6 aromatic rings. The lowest BCUT2D eigenvalue weighted by atomic mass is 9.88. The number of carbonyl (C=O) groups excluding carboxylic acids is 3. The average molecular weight is 871 g/mol. The van der Waals surface area contributed by atoms with E-state index in [1.165, 1.54) is 6.92 Å². The minimum atomic E-state index is -0.518. The molecule has 0 aliphatic heterocycles. The van der Waals surface area contributed by atoms with Crippen molar-refractivity contribution in [3.63, 3.8) is 0 Å². The van der Waals surface area contributed by atoms with Gasteiger partial charge < -0.3 is 17.2 Å². The SMILES string of the molecule is CC(=O)c1ccc(Cc2ncc(Cl)c(CCc3ccccc3C3(C(N)=O)CC3)n2)cn1.CC(N)c1ccc(Cc2ncc(Cl)c(CCc3ccccc3C3(C(N)=O)CC3)n2)cn1. The molecule has 2 fully saturated rings. The van der Waals surface area contributed by atoms with Crippen LogP contribution in [0.3, 0.4) is 0 Å². The smallest absolute Gasteiger partial charge is 0.228 e. The van der Waals surface area contributed by atoms with Crippen LogP contribution in [0, 0.1) is 0 Å². The monoisotopic (exact) mass is 869 g/mol. The van der Waals surface area contributed by atoms with Gasteiger partial charge in [-0.3, -0.25) is 24.4 Å². The molecule has 2 aliphatic rings. The molecule has 14 heteroatoms. The number of ketones is 1. The zero-order valence-corrected chi connectivity index (χ0v) is 36.3. The molecule has 4 aromatic heterocycles. The van der Waals surface area contributed by atoms with Gasteiger partial charge in [-0.1, -0.05) is 83.9 Å². The second-order valence-electron chi connectivity index (χ2n) is 16.2. The highest BCUT2D eigenvalue weighted by Gasteiger charge is 2.51. The maximum atomic E-state index is 12.0. The highest BCUT2D eigenvalue weighted by molar-refractivity contribution is 6.31. The van der Waals surface area contributed by atoms with Crippen molar-refractivity contribution in [2.45, 2.75) is 94.9 Å². The molecule has 0 saturated heterocycles. The van der Waals surface area contributed by atoms with Gasteiger partial charge in [-0.2, -0.15) is 0 Å². The molecule has 8 rings (SSSR count).